The number of pyridine rings is 2. The Hall–Kier alpha value is -4.04. The highest BCUT2D eigenvalue weighted by molar-refractivity contribution is 5.93. The molecule has 1 spiro atoms. The van der Waals surface area contributed by atoms with Crippen molar-refractivity contribution >= 4 is 17.3 Å². The Labute approximate surface area is 237 Å². The molecule has 1 aliphatic heterocycles. The Morgan fingerprint density at radius 3 is 2.65 bits per heavy atom. The molecule has 1 amide bonds. The molecule has 3 fully saturated rings. The highest BCUT2D eigenvalue weighted by Gasteiger charge is 2.40. The van der Waals surface area contributed by atoms with E-state index in [2.05, 4.69) is 27.8 Å². The molecule has 1 saturated heterocycles. The molecule has 2 aromatic heterocycles. The Morgan fingerprint density at radius 2 is 1.98 bits per heavy atom. The molecule has 1 unspecified atom stereocenters. The number of anilines is 1. The number of carbonyl (C=O) groups excluding carboxylic acids is 1. The summed E-state index contributed by atoms with van der Waals surface area (Å²) in [7, 11) is 0. The summed E-state index contributed by atoms with van der Waals surface area (Å²) in [4.78, 5) is 25.9. The lowest BCUT2D eigenvalue weighted by Gasteiger charge is -2.34. The van der Waals surface area contributed by atoms with Crippen molar-refractivity contribution in [2.24, 2.45) is 17.1 Å². The van der Waals surface area contributed by atoms with Gasteiger partial charge in [0.2, 0.25) is 0 Å². The first kappa shape index (κ1) is 27.5. The molecule has 0 radical (unpaired) electrons. The van der Waals surface area contributed by atoms with Gasteiger partial charge in [0.25, 0.3) is 5.91 Å². The number of nitrogens with two attached hydrogens (primary N) is 1. The zero-order valence-electron chi connectivity index (χ0n) is 23.4. The van der Waals surface area contributed by atoms with Crippen LogP contribution in [0.5, 0.6) is 5.75 Å². The van der Waals surface area contributed by atoms with E-state index in [1.165, 1.54) is 51.1 Å². The molecular weight excluding hydrogens is 500 g/mol. The van der Waals surface area contributed by atoms with E-state index in [4.69, 9.17) is 15.5 Å². The maximum absolute atomic E-state index is 12.7. The fraction of sp³-hybridized carbons (Fsp3) is 0.500. The third kappa shape index (κ3) is 6.07. The standard InChI is InChI=1S/C32H38N6O2/c1-2-40-27-18-28(31(36-23-27)26(20-33)21-34)25-8-9-29(35-22-25)37-14-16-38(17-15-37)30(39)7-5-6-24-10-13-32(19-24)11-3-4-12-32/h8-9,18,20,22-24H,2-4,6,10-17,19,33H2,1H3. The van der Waals surface area contributed by atoms with Gasteiger partial charge >= 0.3 is 0 Å². The van der Waals surface area contributed by atoms with E-state index in [9.17, 15) is 10.1 Å². The van der Waals surface area contributed by atoms with Gasteiger partial charge in [0, 0.05) is 56.1 Å². The van der Waals surface area contributed by atoms with E-state index in [-0.39, 0.29) is 11.5 Å². The zero-order chi connectivity index (χ0) is 28.0. The lowest BCUT2D eigenvalue weighted by atomic mass is 9.83. The summed E-state index contributed by atoms with van der Waals surface area (Å²) in [5.41, 5.74) is 8.59. The van der Waals surface area contributed by atoms with Gasteiger partial charge in [-0.05, 0) is 74.5 Å². The van der Waals surface area contributed by atoms with Crippen molar-refractivity contribution < 1.29 is 9.53 Å². The fourth-order valence-corrected chi connectivity index (χ4v) is 6.60. The fourth-order valence-electron chi connectivity index (χ4n) is 6.60. The molecule has 1 atom stereocenters. The number of piperazine rings is 1. The largest absolute Gasteiger partial charge is 0.492 e. The van der Waals surface area contributed by atoms with Crippen LogP contribution in [0.1, 0.15) is 64.0 Å². The average molecular weight is 539 g/mol. The summed E-state index contributed by atoms with van der Waals surface area (Å²) < 4.78 is 5.62. The van der Waals surface area contributed by atoms with Crippen LogP contribution in [0, 0.1) is 34.5 Å². The SMILES string of the molecule is CCOc1cnc(C(C#N)=CN)c(-c2ccc(N3CCN(C(=O)C#CCC4CCC5(CCCC5)C4)CC3)nc2)c1. The van der Waals surface area contributed by atoms with Gasteiger partial charge in [-0.3, -0.25) is 9.78 Å². The van der Waals surface area contributed by atoms with Crippen molar-refractivity contribution in [3.05, 3.63) is 42.5 Å². The molecule has 208 valence electrons. The van der Waals surface area contributed by atoms with Crippen LogP contribution in [-0.4, -0.2) is 53.6 Å². The number of rotatable bonds is 6. The van der Waals surface area contributed by atoms with Crippen molar-refractivity contribution in [2.45, 2.75) is 58.3 Å². The molecule has 2 aromatic rings. The monoisotopic (exact) mass is 538 g/mol. The van der Waals surface area contributed by atoms with Gasteiger partial charge in [-0.25, -0.2) is 4.98 Å². The third-order valence-electron chi connectivity index (χ3n) is 8.72. The molecule has 2 N–H and O–H groups in total. The summed E-state index contributed by atoms with van der Waals surface area (Å²) in [6.07, 6.45) is 15.0. The number of hydrogen-bond acceptors (Lipinski definition) is 7. The van der Waals surface area contributed by atoms with Crippen molar-refractivity contribution in [1.29, 1.82) is 5.26 Å². The van der Waals surface area contributed by atoms with E-state index >= 15 is 0 Å². The summed E-state index contributed by atoms with van der Waals surface area (Å²) in [5.74, 6) is 8.20. The molecule has 40 heavy (non-hydrogen) atoms. The van der Waals surface area contributed by atoms with E-state index in [1.807, 2.05) is 30.0 Å². The van der Waals surface area contributed by atoms with E-state index < -0.39 is 0 Å². The average Bonchev–Trinajstić information content (AvgIpc) is 3.63. The minimum absolute atomic E-state index is 0.0630. The number of ether oxygens (including phenoxy) is 1. The number of nitrogens with zero attached hydrogens (tertiary/aromatic N) is 5. The lowest BCUT2D eigenvalue weighted by molar-refractivity contribution is -0.125. The van der Waals surface area contributed by atoms with Crippen molar-refractivity contribution in [3.8, 4) is 34.8 Å². The predicted molar refractivity (Wildman–Crippen MR) is 156 cm³/mol. The number of amides is 1. The molecule has 5 rings (SSSR count). The van der Waals surface area contributed by atoms with Gasteiger partial charge in [-0.15, -0.1) is 0 Å². The molecule has 0 aromatic carbocycles. The van der Waals surface area contributed by atoms with Crippen LogP contribution in [-0.2, 0) is 4.79 Å². The Kier molecular flexibility index (Phi) is 8.55. The minimum Gasteiger partial charge on any atom is -0.492 e. The van der Waals surface area contributed by atoms with E-state index in [0.29, 0.717) is 55.6 Å². The number of hydrogen-bond donors (Lipinski definition) is 1. The van der Waals surface area contributed by atoms with Crippen LogP contribution >= 0.6 is 0 Å². The highest BCUT2D eigenvalue weighted by Crippen LogP contribution is 2.53. The van der Waals surface area contributed by atoms with Gasteiger partial charge in [0.15, 0.2) is 0 Å². The number of allylic oxidation sites excluding steroid dienone is 1. The van der Waals surface area contributed by atoms with E-state index in [0.717, 1.165) is 23.4 Å². The molecule has 2 aliphatic carbocycles. The maximum Gasteiger partial charge on any atom is 0.298 e. The maximum atomic E-state index is 12.7. The minimum atomic E-state index is -0.0630. The third-order valence-corrected chi connectivity index (χ3v) is 8.72. The molecule has 2 saturated carbocycles. The summed E-state index contributed by atoms with van der Waals surface area (Å²) >= 11 is 0. The van der Waals surface area contributed by atoms with Crippen LogP contribution in [0.2, 0.25) is 0 Å². The molecule has 8 heteroatoms. The van der Waals surface area contributed by atoms with Crippen molar-refractivity contribution in [2.75, 3.05) is 37.7 Å². The smallest absolute Gasteiger partial charge is 0.298 e. The number of aromatic nitrogens is 2. The van der Waals surface area contributed by atoms with Gasteiger partial charge in [0.1, 0.15) is 17.6 Å². The molecular formula is C32H38N6O2. The second kappa shape index (κ2) is 12.4. The number of nitriles is 1. The van der Waals surface area contributed by atoms with Crippen LogP contribution < -0.4 is 15.4 Å². The van der Waals surface area contributed by atoms with Crippen LogP contribution in [0.25, 0.3) is 16.7 Å². The van der Waals surface area contributed by atoms with Gasteiger partial charge in [-0.1, -0.05) is 18.8 Å². The van der Waals surface area contributed by atoms with Crippen LogP contribution in [0.15, 0.2) is 36.8 Å². The highest BCUT2D eigenvalue weighted by atomic mass is 16.5. The molecule has 3 heterocycles. The normalized spacial score (nSPS) is 20.2. The van der Waals surface area contributed by atoms with Crippen LogP contribution in [0.3, 0.4) is 0 Å². The van der Waals surface area contributed by atoms with Crippen molar-refractivity contribution in [1.82, 2.24) is 14.9 Å². The first-order valence-electron chi connectivity index (χ1n) is 14.5. The van der Waals surface area contributed by atoms with Gasteiger partial charge < -0.3 is 20.3 Å². The first-order valence-corrected chi connectivity index (χ1v) is 14.5. The number of carbonyl (C=O) groups is 1. The lowest BCUT2D eigenvalue weighted by Crippen LogP contribution is -2.48. The van der Waals surface area contributed by atoms with Crippen molar-refractivity contribution in [3.63, 3.8) is 0 Å². The first-order chi connectivity index (χ1) is 19.5. The Balaban J connectivity index is 1.17. The molecule has 0 bridgehead atoms. The summed E-state index contributed by atoms with van der Waals surface area (Å²) in [5, 5.41) is 9.51. The van der Waals surface area contributed by atoms with Gasteiger partial charge in [0.05, 0.1) is 24.1 Å². The summed E-state index contributed by atoms with van der Waals surface area (Å²) in [6.45, 7) is 5.07. The topological polar surface area (TPSA) is 108 Å². The summed E-state index contributed by atoms with van der Waals surface area (Å²) in [6, 6.07) is 7.88. The molecule has 3 aliphatic rings. The second-order valence-electron chi connectivity index (χ2n) is 11.2. The quantitative estimate of drug-likeness (QED) is 0.417. The molecule has 8 nitrogen and oxygen atoms in total. The predicted octanol–water partition coefficient (Wildman–Crippen LogP) is 4.77. The second-order valence-corrected chi connectivity index (χ2v) is 11.2. The zero-order valence-corrected chi connectivity index (χ0v) is 23.4. The van der Waals surface area contributed by atoms with Gasteiger partial charge in [-0.2, -0.15) is 5.26 Å². The van der Waals surface area contributed by atoms with E-state index in [1.54, 1.807) is 12.4 Å². The Morgan fingerprint density at radius 1 is 1.18 bits per heavy atom. The van der Waals surface area contributed by atoms with Crippen LogP contribution in [0.4, 0.5) is 5.82 Å². The Bertz CT molecular complexity index is 1340.